The zero-order valence-corrected chi connectivity index (χ0v) is 12.2. The van der Waals surface area contributed by atoms with Crippen molar-refractivity contribution in [1.82, 2.24) is 5.32 Å². The monoisotopic (exact) mass is 289 g/mol. The smallest absolute Gasteiger partial charge is 0.306 e. The summed E-state index contributed by atoms with van der Waals surface area (Å²) in [5, 5.41) is 12.2. The summed E-state index contributed by atoms with van der Waals surface area (Å²) in [6.07, 6.45) is 7.01. The van der Waals surface area contributed by atoms with E-state index in [4.69, 9.17) is 5.11 Å². The molecule has 2 atom stereocenters. The molecule has 6 heteroatoms. The molecule has 19 heavy (non-hydrogen) atoms. The number of rotatable bonds is 4. The zero-order valence-electron chi connectivity index (χ0n) is 11.3. The second-order valence-corrected chi connectivity index (χ2v) is 8.22. The van der Waals surface area contributed by atoms with E-state index in [9.17, 15) is 13.2 Å². The van der Waals surface area contributed by atoms with E-state index in [0.717, 1.165) is 32.1 Å². The maximum absolute atomic E-state index is 11.7. The Morgan fingerprint density at radius 3 is 2.26 bits per heavy atom. The van der Waals surface area contributed by atoms with Crippen LogP contribution in [0.2, 0.25) is 0 Å². The molecule has 0 heterocycles. The van der Waals surface area contributed by atoms with Crippen molar-refractivity contribution in [1.29, 1.82) is 0 Å². The molecular formula is C13H23NO4S. The van der Waals surface area contributed by atoms with Crippen molar-refractivity contribution in [2.24, 2.45) is 5.92 Å². The van der Waals surface area contributed by atoms with Gasteiger partial charge in [0.1, 0.15) is 0 Å². The van der Waals surface area contributed by atoms with E-state index in [1.807, 2.05) is 0 Å². The minimum Gasteiger partial charge on any atom is -0.481 e. The van der Waals surface area contributed by atoms with Gasteiger partial charge in [-0.2, -0.15) is 0 Å². The molecule has 2 aliphatic rings. The number of nitrogens with one attached hydrogen (secondary N) is 1. The van der Waals surface area contributed by atoms with Gasteiger partial charge in [-0.3, -0.25) is 4.79 Å². The Kier molecular flexibility index (Phi) is 4.50. The Morgan fingerprint density at radius 1 is 1.11 bits per heavy atom. The Balaban J connectivity index is 1.87. The van der Waals surface area contributed by atoms with Crippen molar-refractivity contribution in [3.05, 3.63) is 0 Å². The fraction of sp³-hybridized carbons (Fsp3) is 0.923. The van der Waals surface area contributed by atoms with Crippen molar-refractivity contribution in [2.75, 3.05) is 6.26 Å². The van der Waals surface area contributed by atoms with Crippen LogP contribution in [0.1, 0.15) is 44.9 Å². The van der Waals surface area contributed by atoms with Gasteiger partial charge in [-0.25, -0.2) is 8.42 Å². The summed E-state index contributed by atoms with van der Waals surface area (Å²) < 4.78 is 23.4. The molecule has 0 bridgehead atoms. The molecular weight excluding hydrogens is 266 g/mol. The van der Waals surface area contributed by atoms with Gasteiger partial charge in [-0.1, -0.05) is 6.42 Å². The van der Waals surface area contributed by atoms with E-state index in [1.54, 1.807) is 0 Å². The standard InChI is InChI=1S/C13H23NO4S/c1-19(17,18)12-4-2-3-11(12)14-10-7-5-9(6-8-10)13(15)16/h9-12,14H,2-8H2,1H3,(H,15,16). The molecule has 5 nitrogen and oxygen atoms in total. The lowest BCUT2D eigenvalue weighted by atomic mass is 9.86. The average Bonchev–Trinajstić information content (AvgIpc) is 2.77. The molecule has 0 aromatic heterocycles. The van der Waals surface area contributed by atoms with Crippen molar-refractivity contribution in [3.8, 4) is 0 Å². The summed E-state index contributed by atoms with van der Waals surface area (Å²) in [5.74, 6) is -0.916. The summed E-state index contributed by atoms with van der Waals surface area (Å²) in [7, 11) is -2.98. The minimum absolute atomic E-state index is 0.0568. The highest BCUT2D eigenvalue weighted by Gasteiger charge is 2.36. The van der Waals surface area contributed by atoms with Crippen molar-refractivity contribution in [2.45, 2.75) is 62.3 Å². The van der Waals surface area contributed by atoms with Crippen LogP contribution < -0.4 is 5.32 Å². The van der Waals surface area contributed by atoms with Gasteiger partial charge in [-0.05, 0) is 38.5 Å². The Labute approximate surface area is 114 Å². The fourth-order valence-electron chi connectivity index (χ4n) is 3.44. The van der Waals surface area contributed by atoms with Gasteiger partial charge in [0.05, 0.1) is 11.2 Å². The SMILES string of the molecule is CS(=O)(=O)C1CCCC1NC1CCC(C(=O)O)CC1. The lowest BCUT2D eigenvalue weighted by Crippen LogP contribution is -2.46. The molecule has 2 rings (SSSR count). The van der Waals surface area contributed by atoms with Crippen molar-refractivity contribution >= 4 is 15.8 Å². The number of hydrogen-bond acceptors (Lipinski definition) is 4. The quantitative estimate of drug-likeness (QED) is 0.812. The number of carboxylic acid groups (broad SMARTS) is 1. The summed E-state index contributed by atoms with van der Waals surface area (Å²) in [5.41, 5.74) is 0. The zero-order chi connectivity index (χ0) is 14.0. The van der Waals surface area contributed by atoms with E-state index in [1.165, 1.54) is 6.26 Å². The van der Waals surface area contributed by atoms with Gasteiger partial charge in [-0.15, -0.1) is 0 Å². The molecule has 0 aliphatic heterocycles. The van der Waals surface area contributed by atoms with Gasteiger partial charge >= 0.3 is 5.97 Å². The summed E-state index contributed by atoms with van der Waals surface area (Å²) in [4.78, 5) is 10.9. The molecule has 0 aromatic carbocycles. The molecule has 2 aliphatic carbocycles. The normalized spacial score (nSPS) is 36.3. The van der Waals surface area contributed by atoms with E-state index in [-0.39, 0.29) is 23.3 Å². The van der Waals surface area contributed by atoms with E-state index >= 15 is 0 Å². The van der Waals surface area contributed by atoms with Crippen LogP contribution >= 0.6 is 0 Å². The number of carboxylic acids is 1. The van der Waals surface area contributed by atoms with Crippen LogP contribution in [0, 0.1) is 5.92 Å². The third-order valence-electron chi connectivity index (χ3n) is 4.53. The van der Waals surface area contributed by atoms with Gasteiger partial charge in [0.25, 0.3) is 0 Å². The van der Waals surface area contributed by atoms with Gasteiger partial charge < -0.3 is 10.4 Å². The Hall–Kier alpha value is -0.620. The average molecular weight is 289 g/mol. The first-order valence-corrected chi connectivity index (χ1v) is 9.01. The first-order chi connectivity index (χ1) is 8.88. The van der Waals surface area contributed by atoms with Crippen LogP contribution in [0.5, 0.6) is 0 Å². The molecule has 0 aromatic rings. The van der Waals surface area contributed by atoms with Gasteiger partial charge in [0.2, 0.25) is 0 Å². The van der Waals surface area contributed by atoms with Gasteiger partial charge in [0, 0.05) is 18.3 Å². The molecule has 2 saturated carbocycles. The van der Waals surface area contributed by atoms with Crippen LogP contribution in [0.15, 0.2) is 0 Å². The van der Waals surface area contributed by atoms with Crippen LogP contribution in [-0.2, 0) is 14.6 Å². The molecule has 0 saturated heterocycles. The van der Waals surface area contributed by atoms with Crippen LogP contribution in [0.4, 0.5) is 0 Å². The molecule has 2 N–H and O–H groups in total. The molecule has 2 unspecified atom stereocenters. The summed E-state index contributed by atoms with van der Waals surface area (Å²) >= 11 is 0. The van der Waals surface area contributed by atoms with Crippen molar-refractivity contribution in [3.63, 3.8) is 0 Å². The largest absolute Gasteiger partial charge is 0.481 e. The predicted molar refractivity (Wildman–Crippen MR) is 72.8 cm³/mol. The molecule has 0 radical (unpaired) electrons. The second kappa shape index (κ2) is 5.79. The molecule has 110 valence electrons. The Morgan fingerprint density at radius 2 is 1.74 bits per heavy atom. The lowest BCUT2D eigenvalue weighted by molar-refractivity contribution is -0.142. The van der Waals surface area contributed by atoms with Crippen molar-refractivity contribution < 1.29 is 18.3 Å². The maximum atomic E-state index is 11.7. The summed E-state index contributed by atoms with van der Waals surface area (Å²) in [6, 6.07) is 0.337. The third-order valence-corrected chi connectivity index (χ3v) is 6.19. The van der Waals surface area contributed by atoms with Crippen LogP contribution in [0.3, 0.4) is 0 Å². The van der Waals surface area contributed by atoms with Crippen LogP contribution in [-0.4, -0.2) is 43.1 Å². The van der Waals surface area contributed by atoms with E-state index < -0.39 is 15.8 Å². The third kappa shape index (κ3) is 3.69. The maximum Gasteiger partial charge on any atom is 0.306 e. The number of carbonyl (C=O) groups is 1. The fourth-order valence-corrected chi connectivity index (χ4v) is 4.85. The van der Waals surface area contributed by atoms with E-state index in [2.05, 4.69) is 5.32 Å². The highest BCUT2D eigenvalue weighted by atomic mass is 32.2. The predicted octanol–water partition coefficient (Wildman–Crippen LogP) is 1.19. The number of hydrogen-bond donors (Lipinski definition) is 2. The summed E-state index contributed by atoms with van der Waals surface area (Å²) in [6.45, 7) is 0. The number of aliphatic carboxylic acids is 1. The minimum atomic E-state index is -2.98. The van der Waals surface area contributed by atoms with Crippen LogP contribution in [0.25, 0.3) is 0 Å². The molecule has 2 fully saturated rings. The first kappa shape index (κ1) is 14.8. The lowest BCUT2D eigenvalue weighted by Gasteiger charge is -2.31. The van der Waals surface area contributed by atoms with E-state index in [0.29, 0.717) is 12.8 Å². The first-order valence-electron chi connectivity index (χ1n) is 7.05. The molecule has 0 amide bonds. The van der Waals surface area contributed by atoms with Gasteiger partial charge in [0.15, 0.2) is 9.84 Å². The number of sulfone groups is 1. The second-order valence-electron chi connectivity index (χ2n) is 5.96. The Bertz CT molecular complexity index is 426. The highest BCUT2D eigenvalue weighted by molar-refractivity contribution is 7.91. The highest BCUT2D eigenvalue weighted by Crippen LogP contribution is 2.29. The topological polar surface area (TPSA) is 83.5 Å². The molecule has 0 spiro atoms.